The number of rotatable bonds is 1. The van der Waals surface area contributed by atoms with E-state index in [4.69, 9.17) is 11.6 Å². The molecule has 0 atom stereocenters. The Morgan fingerprint density at radius 1 is 1.23 bits per heavy atom. The largest absolute Gasteiger partial charge is 0.120 e. The van der Waals surface area contributed by atoms with Gasteiger partial charge in [-0.3, -0.25) is 0 Å². The summed E-state index contributed by atoms with van der Waals surface area (Å²) in [5, 5.41) is 0.846. The van der Waals surface area contributed by atoms with E-state index in [0.29, 0.717) is 0 Å². The van der Waals surface area contributed by atoms with Crippen LogP contribution in [0.5, 0.6) is 0 Å². The average Bonchev–Trinajstić information content (AvgIpc) is 1.94. The van der Waals surface area contributed by atoms with E-state index < -0.39 is 0 Å². The molecule has 0 saturated heterocycles. The molecule has 0 saturated carbocycles. The monoisotopic (exact) mass is 214 g/mol. The molecule has 0 aromatic heterocycles. The van der Waals surface area contributed by atoms with Crippen LogP contribution in [-0.4, -0.2) is 4.75 Å². The summed E-state index contributed by atoms with van der Waals surface area (Å²) in [6.07, 6.45) is 0. The van der Waals surface area contributed by atoms with E-state index in [-0.39, 0.29) is 4.75 Å². The molecule has 0 heterocycles. The summed E-state index contributed by atoms with van der Waals surface area (Å²) in [4.78, 5) is 1.29. The molecule has 0 N–H and O–H groups in total. The molecule has 1 rings (SSSR count). The van der Waals surface area contributed by atoms with Crippen LogP contribution < -0.4 is 0 Å². The second kappa shape index (κ2) is 3.93. The quantitative estimate of drug-likeness (QED) is 0.619. The van der Waals surface area contributed by atoms with Gasteiger partial charge in [-0.25, -0.2) is 0 Å². The zero-order valence-corrected chi connectivity index (χ0v) is 10.1. The molecule has 1 aromatic carbocycles. The fourth-order valence-corrected chi connectivity index (χ4v) is 2.23. The van der Waals surface area contributed by atoms with Gasteiger partial charge in [0.2, 0.25) is 0 Å². The summed E-state index contributed by atoms with van der Waals surface area (Å²) in [7, 11) is 0. The van der Waals surface area contributed by atoms with Crippen molar-refractivity contribution in [1.29, 1.82) is 0 Å². The third-order valence-corrected chi connectivity index (χ3v) is 3.08. The molecule has 0 bridgehead atoms. The summed E-state index contributed by atoms with van der Waals surface area (Å²) in [6, 6.07) is 6.18. The number of benzene rings is 1. The van der Waals surface area contributed by atoms with Crippen molar-refractivity contribution in [2.24, 2.45) is 0 Å². The molecule has 0 aliphatic carbocycles. The van der Waals surface area contributed by atoms with E-state index >= 15 is 0 Å². The van der Waals surface area contributed by atoms with Crippen LogP contribution in [0.3, 0.4) is 0 Å². The minimum absolute atomic E-state index is 0.264. The van der Waals surface area contributed by atoms with Gasteiger partial charge in [-0.15, -0.1) is 11.8 Å². The second-order valence-corrected chi connectivity index (χ2v) is 6.43. The second-order valence-electron chi connectivity index (χ2n) is 4.13. The number of thioether (sulfide) groups is 1. The third-order valence-electron chi connectivity index (χ3n) is 1.55. The van der Waals surface area contributed by atoms with E-state index in [1.165, 1.54) is 4.90 Å². The molecule has 0 amide bonds. The molecule has 13 heavy (non-hydrogen) atoms. The van der Waals surface area contributed by atoms with E-state index in [9.17, 15) is 0 Å². The first-order chi connectivity index (χ1) is 5.88. The van der Waals surface area contributed by atoms with Gasteiger partial charge in [-0.05, 0) is 30.7 Å². The zero-order chi connectivity index (χ0) is 10.1. The molecule has 72 valence electrons. The highest BCUT2D eigenvalue weighted by atomic mass is 35.5. The van der Waals surface area contributed by atoms with Crippen LogP contribution in [-0.2, 0) is 0 Å². The van der Waals surface area contributed by atoms with E-state index in [1.54, 1.807) is 0 Å². The predicted octanol–water partition coefficient (Wildman–Crippen LogP) is 4.54. The van der Waals surface area contributed by atoms with Gasteiger partial charge in [-0.2, -0.15) is 0 Å². The number of aryl methyl sites for hydroxylation is 1. The Morgan fingerprint density at radius 2 is 1.85 bits per heavy atom. The lowest BCUT2D eigenvalue weighted by Gasteiger charge is -2.17. The summed E-state index contributed by atoms with van der Waals surface area (Å²) in [6.45, 7) is 8.67. The van der Waals surface area contributed by atoms with E-state index in [0.717, 1.165) is 10.6 Å². The molecule has 0 nitrogen and oxygen atoms in total. The van der Waals surface area contributed by atoms with Crippen LogP contribution >= 0.6 is 23.4 Å². The number of halogens is 1. The van der Waals surface area contributed by atoms with E-state index in [1.807, 2.05) is 24.8 Å². The predicted molar refractivity (Wildman–Crippen MR) is 61.8 cm³/mol. The molecule has 0 aliphatic heterocycles. The summed E-state index contributed by atoms with van der Waals surface area (Å²) >= 11 is 7.81. The fourth-order valence-electron chi connectivity index (χ4n) is 1.03. The Labute approximate surface area is 89.7 Å². The molecule has 0 spiro atoms. The average molecular weight is 215 g/mol. The summed E-state index contributed by atoms with van der Waals surface area (Å²) in [5.41, 5.74) is 1.15. The van der Waals surface area contributed by atoms with Crippen LogP contribution in [0, 0.1) is 6.92 Å². The van der Waals surface area contributed by atoms with Crippen molar-refractivity contribution in [3.05, 3.63) is 28.8 Å². The maximum absolute atomic E-state index is 5.94. The smallest absolute Gasteiger partial charge is 0.0435 e. The first kappa shape index (κ1) is 10.9. The Hall–Kier alpha value is -0.140. The van der Waals surface area contributed by atoms with Gasteiger partial charge < -0.3 is 0 Å². The van der Waals surface area contributed by atoms with Gasteiger partial charge in [0.05, 0.1) is 0 Å². The minimum atomic E-state index is 0.264. The lowest BCUT2D eigenvalue weighted by Crippen LogP contribution is -2.06. The van der Waals surface area contributed by atoms with Gasteiger partial charge in [0, 0.05) is 14.7 Å². The Balaban J connectivity index is 2.86. The van der Waals surface area contributed by atoms with E-state index in [2.05, 4.69) is 32.9 Å². The SMILES string of the molecule is Cc1cc(SC(C)(C)C)ccc1Cl. The Kier molecular flexibility index (Phi) is 3.31. The highest BCUT2D eigenvalue weighted by Gasteiger charge is 2.12. The fraction of sp³-hybridized carbons (Fsp3) is 0.455. The molecular formula is C11H15ClS. The summed E-state index contributed by atoms with van der Waals surface area (Å²) in [5.74, 6) is 0. The van der Waals surface area contributed by atoms with Gasteiger partial charge in [0.1, 0.15) is 0 Å². The third kappa shape index (κ3) is 3.61. The van der Waals surface area contributed by atoms with Gasteiger partial charge in [0.15, 0.2) is 0 Å². The minimum Gasteiger partial charge on any atom is -0.120 e. The lowest BCUT2D eigenvalue weighted by atomic mass is 10.2. The van der Waals surface area contributed by atoms with Crippen molar-refractivity contribution in [3.8, 4) is 0 Å². The van der Waals surface area contributed by atoms with Crippen LogP contribution in [0.4, 0.5) is 0 Å². The van der Waals surface area contributed by atoms with Gasteiger partial charge >= 0.3 is 0 Å². The maximum Gasteiger partial charge on any atom is 0.0435 e. The van der Waals surface area contributed by atoms with Crippen LogP contribution in [0.1, 0.15) is 26.3 Å². The lowest BCUT2D eigenvalue weighted by molar-refractivity contribution is 0.803. The molecule has 0 radical (unpaired) electrons. The first-order valence-corrected chi connectivity index (χ1v) is 5.53. The van der Waals surface area contributed by atoms with Crippen LogP contribution in [0.25, 0.3) is 0 Å². The highest BCUT2D eigenvalue weighted by molar-refractivity contribution is 8.00. The van der Waals surface area contributed by atoms with Gasteiger partial charge in [-0.1, -0.05) is 32.4 Å². The zero-order valence-electron chi connectivity index (χ0n) is 8.52. The van der Waals surface area contributed by atoms with Crippen molar-refractivity contribution in [3.63, 3.8) is 0 Å². The first-order valence-electron chi connectivity index (χ1n) is 4.34. The Bertz CT molecular complexity index is 299. The molecule has 2 heteroatoms. The molecule has 0 aliphatic rings. The summed E-state index contributed by atoms with van der Waals surface area (Å²) < 4.78 is 0.264. The highest BCUT2D eigenvalue weighted by Crippen LogP contribution is 2.33. The normalized spacial score (nSPS) is 11.8. The number of hydrogen-bond acceptors (Lipinski definition) is 1. The standard InChI is InChI=1S/C11H15ClS/c1-8-7-9(5-6-10(8)12)13-11(2,3)4/h5-7H,1-4H3. The topological polar surface area (TPSA) is 0 Å². The molecule has 1 aromatic rings. The van der Waals surface area contributed by atoms with Crippen LogP contribution in [0.15, 0.2) is 23.1 Å². The molecule has 0 unspecified atom stereocenters. The van der Waals surface area contributed by atoms with Crippen LogP contribution in [0.2, 0.25) is 5.02 Å². The van der Waals surface area contributed by atoms with Crippen molar-refractivity contribution in [1.82, 2.24) is 0 Å². The van der Waals surface area contributed by atoms with Gasteiger partial charge in [0.25, 0.3) is 0 Å². The van der Waals surface area contributed by atoms with Crippen molar-refractivity contribution in [2.45, 2.75) is 37.3 Å². The Morgan fingerprint density at radius 3 is 2.31 bits per heavy atom. The number of hydrogen-bond donors (Lipinski definition) is 0. The maximum atomic E-state index is 5.94. The molecular weight excluding hydrogens is 200 g/mol. The van der Waals surface area contributed by atoms with Crippen molar-refractivity contribution < 1.29 is 0 Å². The molecule has 0 fully saturated rings. The van der Waals surface area contributed by atoms with Crippen molar-refractivity contribution in [2.75, 3.05) is 0 Å². The van der Waals surface area contributed by atoms with Crippen molar-refractivity contribution >= 4 is 23.4 Å².